The number of esters is 1. The first kappa shape index (κ1) is 15.2. The van der Waals surface area contributed by atoms with E-state index >= 15 is 0 Å². The van der Waals surface area contributed by atoms with Crippen molar-refractivity contribution in [2.45, 2.75) is 19.4 Å². The summed E-state index contributed by atoms with van der Waals surface area (Å²) in [5, 5.41) is 4.70. The molecule has 102 valence electrons. The Labute approximate surface area is 116 Å². The van der Waals surface area contributed by atoms with Crippen molar-refractivity contribution in [3.8, 4) is 0 Å². The highest BCUT2D eigenvalue weighted by Gasteiger charge is 2.18. The van der Waals surface area contributed by atoms with E-state index in [4.69, 9.17) is 0 Å². The van der Waals surface area contributed by atoms with Gasteiger partial charge in [-0.05, 0) is 18.4 Å². The van der Waals surface area contributed by atoms with Crippen LogP contribution in [0.3, 0.4) is 0 Å². The van der Waals surface area contributed by atoms with Gasteiger partial charge < -0.3 is 10.1 Å². The van der Waals surface area contributed by atoms with Crippen molar-refractivity contribution in [1.82, 2.24) is 5.32 Å². The lowest BCUT2D eigenvalue weighted by Crippen LogP contribution is -2.28. The first-order chi connectivity index (χ1) is 9.17. The summed E-state index contributed by atoms with van der Waals surface area (Å²) in [5.74, 6) is -0.587. The van der Waals surface area contributed by atoms with Gasteiger partial charge in [-0.25, -0.2) is 0 Å². The van der Waals surface area contributed by atoms with E-state index < -0.39 is 0 Å². The quantitative estimate of drug-likeness (QED) is 0.495. The molecule has 0 fully saturated rings. The molecule has 1 aromatic heterocycles. The lowest BCUT2D eigenvalue weighted by molar-refractivity contribution is -0.141. The van der Waals surface area contributed by atoms with Crippen LogP contribution in [0.2, 0.25) is 0 Å². The molecular weight excluding hydrogens is 262 g/mol. The van der Waals surface area contributed by atoms with Crippen molar-refractivity contribution in [3.05, 3.63) is 46.7 Å². The van der Waals surface area contributed by atoms with Gasteiger partial charge in [-0.2, -0.15) is 0 Å². The van der Waals surface area contributed by atoms with Gasteiger partial charge in [-0.3, -0.25) is 9.59 Å². The van der Waals surface area contributed by atoms with Crippen molar-refractivity contribution >= 4 is 23.2 Å². The van der Waals surface area contributed by atoms with Crippen LogP contribution in [-0.4, -0.2) is 19.0 Å². The van der Waals surface area contributed by atoms with Gasteiger partial charge in [0.25, 0.3) is 0 Å². The Morgan fingerprint density at radius 3 is 2.84 bits per heavy atom. The maximum Gasteiger partial charge on any atom is 0.307 e. The number of carbonyl (C=O) groups excluding carboxylic acids is 2. The predicted octanol–water partition coefficient (Wildman–Crippen LogP) is 2.60. The topological polar surface area (TPSA) is 55.4 Å². The molecule has 0 aromatic carbocycles. The Bertz CT molecular complexity index is 463. The molecule has 1 heterocycles. The van der Waals surface area contributed by atoms with Crippen LogP contribution in [0, 0.1) is 0 Å². The Hall–Kier alpha value is -1.88. The number of ether oxygens (including phenoxy) is 1. The summed E-state index contributed by atoms with van der Waals surface area (Å²) in [6.45, 7) is 1.87. The van der Waals surface area contributed by atoms with Crippen molar-refractivity contribution in [3.63, 3.8) is 0 Å². The first-order valence-corrected chi connectivity index (χ1v) is 6.75. The molecule has 1 aromatic rings. The smallest absolute Gasteiger partial charge is 0.307 e. The average molecular weight is 279 g/mol. The van der Waals surface area contributed by atoms with Gasteiger partial charge >= 0.3 is 5.97 Å². The van der Waals surface area contributed by atoms with E-state index in [1.807, 2.05) is 30.5 Å². The van der Waals surface area contributed by atoms with Crippen molar-refractivity contribution in [2.75, 3.05) is 7.11 Å². The second-order valence-corrected chi connectivity index (χ2v) is 4.72. The maximum atomic E-state index is 11.7. The summed E-state index contributed by atoms with van der Waals surface area (Å²) < 4.78 is 4.64. The Morgan fingerprint density at radius 2 is 2.26 bits per heavy atom. The van der Waals surface area contributed by atoms with Crippen LogP contribution in [0.15, 0.2) is 41.8 Å². The number of thiophene rings is 1. The maximum absolute atomic E-state index is 11.7. The summed E-state index contributed by atoms with van der Waals surface area (Å²) in [6, 6.07) is 3.41. The summed E-state index contributed by atoms with van der Waals surface area (Å²) in [4.78, 5) is 24.0. The van der Waals surface area contributed by atoms with Crippen LogP contribution in [0.1, 0.15) is 24.3 Å². The molecule has 0 spiro atoms. The molecule has 0 radical (unpaired) electrons. The fourth-order valence-electron chi connectivity index (χ4n) is 1.44. The second-order valence-electron chi connectivity index (χ2n) is 3.74. The lowest BCUT2D eigenvalue weighted by Gasteiger charge is -2.15. The lowest BCUT2D eigenvalue weighted by atomic mass is 10.1. The molecule has 0 aliphatic carbocycles. The van der Waals surface area contributed by atoms with Crippen LogP contribution < -0.4 is 5.32 Å². The van der Waals surface area contributed by atoms with Crippen LogP contribution in [0.25, 0.3) is 0 Å². The first-order valence-electron chi connectivity index (χ1n) is 5.87. The summed E-state index contributed by atoms with van der Waals surface area (Å²) >= 11 is 1.49. The number of allylic oxidation sites excluding steroid dienone is 3. The van der Waals surface area contributed by atoms with Gasteiger partial charge in [0.15, 0.2) is 0 Å². The molecule has 0 saturated heterocycles. The predicted molar refractivity (Wildman–Crippen MR) is 75.8 cm³/mol. The Balaban J connectivity index is 2.69. The number of nitrogens with one attached hydrogen (secondary N) is 1. The van der Waals surface area contributed by atoms with Gasteiger partial charge in [-0.1, -0.05) is 24.3 Å². The molecule has 5 heteroatoms. The van der Waals surface area contributed by atoms with Crippen molar-refractivity contribution < 1.29 is 14.3 Å². The molecule has 1 amide bonds. The van der Waals surface area contributed by atoms with Crippen LogP contribution in [0.4, 0.5) is 0 Å². The molecule has 1 N–H and O–H groups in total. The molecule has 19 heavy (non-hydrogen) atoms. The van der Waals surface area contributed by atoms with Gasteiger partial charge in [0, 0.05) is 11.0 Å². The number of methoxy groups -OCH3 is 1. The minimum atomic E-state index is -0.352. The van der Waals surface area contributed by atoms with E-state index in [1.54, 1.807) is 12.2 Å². The molecule has 1 rings (SSSR count). The zero-order valence-electron chi connectivity index (χ0n) is 11.0. The number of carbonyl (C=O) groups is 2. The number of rotatable bonds is 6. The van der Waals surface area contributed by atoms with E-state index in [1.165, 1.54) is 24.5 Å². The normalized spacial score (nSPS) is 12.7. The third kappa shape index (κ3) is 5.52. The molecule has 0 saturated carbocycles. The largest absolute Gasteiger partial charge is 0.469 e. The van der Waals surface area contributed by atoms with Crippen LogP contribution in [-0.2, 0) is 14.3 Å². The summed E-state index contributed by atoms with van der Waals surface area (Å²) in [6.07, 6.45) is 6.80. The van der Waals surface area contributed by atoms with E-state index in [-0.39, 0.29) is 24.3 Å². The molecular formula is C14H17NO3S. The number of hydrogen-bond donors (Lipinski definition) is 1. The van der Waals surface area contributed by atoms with Gasteiger partial charge in [0.2, 0.25) is 5.91 Å². The zero-order valence-corrected chi connectivity index (χ0v) is 11.8. The molecule has 0 unspecified atom stereocenters. The van der Waals surface area contributed by atoms with E-state index in [2.05, 4.69) is 10.1 Å². The third-order valence-corrected chi connectivity index (χ3v) is 3.34. The Kier molecular flexibility index (Phi) is 6.60. The van der Waals surface area contributed by atoms with Gasteiger partial charge in [-0.15, -0.1) is 11.3 Å². The third-order valence-electron chi connectivity index (χ3n) is 2.35. The van der Waals surface area contributed by atoms with Crippen LogP contribution in [0.5, 0.6) is 0 Å². The number of hydrogen-bond acceptors (Lipinski definition) is 4. The Morgan fingerprint density at radius 1 is 1.47 bits per heavy atom. The second kappa shape index (κ2) is 8.26. The highest BCUT2D eigenvalue weighted by atomic mass is 32.1. The van der Waals surface area contributed by atoms with E-state index in [9.17, 15) is 9.59 Å². The molecule has 0 bridgehead atoms. The van der Waals surface area contributed by atoms with Crippen molar-refractivity contribution in [2.24, 2.45) is 0 Å². The summed E-state index contributed by atoms with van der Waals surface area (Å²) in [5.41, 5.74) is 0. The standard InChI is InChI=1S/C14H17NO3S/c1-3-4-5-8-13(16)15-11(10-14(17)18-2)12-7-6-9-19-12/h3-9,11H,10H2,1-2H3,(H,15,16)/b4-3+,8-5-/t11-/m1/s1. The average Bonchev–Trinajstić information content (AvgIpc) is 2.92. The van der Waals surface area contributed by atoms with Gasteiger partial charge in [0.1, 0.15) is 0 Å². The zero-order chi connectivity index (χ0) is 14.1. The molecule has 0 aliphatic rings. The van der Waals surface area contributed by atoms with Crippen molar-refractivity contribution in [1.29, 1.82) is 0 Å². The fraction of sp³-hybridized carbons (Fsp3) is 0.286. The summed E-state index contributed by atoms with van der Waals surface area (Å²) in [7, 11) is 1.33. The van der Waals surface area contributed by atoms with Gasteiger partial charge in [0.05, 0.1) is 19.6 Å². The van der Waals surface area contributed by atoms with Crippen LogP contribution >= 0.6 is 11.3 Å². The highest BCUT2D eigenvalue weighted by molar-refractivity contribution is 7.10. The molecule has 4 nitrogen and oxygen atoms in total. The molecule has 1 atom stereocenters. The van der Waals surface area contributed by atoms with E-state index in [0.29, 0.717) is 0 Å². The fourth-order valence-corrected chi connectivity index (χ4v) is 2.21. The highest BCUT2D eigenvalue weighted by Crippen LogP contribution is 2.22. The SMILES string of the molecule is C/C=C/C=C\C(=O)N[C@H](CC(=O)OC)c1cccs1. The minimum absolute atomic E-state index is 0.125. The molecule has 0 aliphatic heterocycles. The monoisotopic (exact) mass is 279 g/mol. The van der Waals surface area contributed by atoms with E-state index in [0.717, 1.165) is 4.88 Å². The minimum Gasteiger partial charge on any atom is -0.469 e. The number of amides is 1.